The molecule has 0 bridgehead atoms. The van der Waals surface area contributed by atoms with Crippen LogP contribution in [0.4, 0.5) is 0 Å². The molecule has 13 heavy (non-hydrogen) atoms. The maximum atomic E-state index is 8.38. The molecule has 0 aromatic carbocycles. The molecule has 0 atom stereocenters. The molecule has 0 amide bonds. The Bertz CT molecular complexity index is 262. The van der Waals surface area contributed by atoms with Crippen molar-refractivity contribution < 1.29 is 0 Å². The van der Waals surface area contributed by atoms with E-state index in [-0.39, 0.29) is 5.54 Å². The second-order valence-electron chi connectivity index (χ2n) is 3.89. The van der Waals surface area contributed by atoms with Crippen molar-refractivity contribution in [2.75, 3.05) is 0 Å². The van der Waals surface area contributed by atoms with Gasteiger partial charge in [0.1, 0.15) is 0 Å². The third-order valence-electron chi connectivity index (χ3n) is 2.75. The largest absolute Gasteiger partial charge is 0.133 e. The van der Waals surface area contributed by atoms with Crippen LogP contribution in [0.15, 0.2) is 23.5 Å². The summed E-state index contributed by atoms with van der Waals surface area (Å²) in [4.78, 5) is 2.89. The van der Waals surface area contributed by atoms with E-state index in [2.05, 4.69) is 22.3 Å². The second kappa shape index (κ2) is 4.18. The predicted molar refractivity (Wildman–Crippen MR) is 53.2 cm³/mol. The van der Waals surface area contributed by atoms with E-state index in [9.17, 15) is 0 Å². The van der Waals surface area contributed by atoms with Crippen molar-refractivity contribution >= 4 is 0 Å². The Hall–Kier alpha value is -1.17. The number of rotatable bonds is 2. The second-order valence-corrected chi connectivity index (χ2v) is 3.89. The van der Waals surface area contributed by atoms with Crippen molar-refractivity contribution in [2.24, 2.45) is 11.0 Å². The summed E-state index contributed by atoms with van der Waals surface area (Å²) in [6.45, 7) is 5.59. The topological polar surface area (TPSA) is 48.8 Å². The van der Waals surface area contributed by atoms with E-state index in [1.54, 1.807) is 0 Å². The first-order chi connectivity index (χ1) is 6.20. The molecule has 0 spiro atoms. The van der Waals surface area contributed by atoms with Crippen LogP contribution < -0.4 is 0 Å². The molecule has 1 rings (SSSR count). The van der Waals surface area contributed by atoms with Gasteiger partial charge < -0.3 is 0 Å². The molecule has 70 valence electrons. The molecular weight excluding hydrogens is 162 g/mol. The molecule has 3 heteroatoms. The molecule has 0 unspecified atom stereocenters. The number of azide groups is 1. The van der Waals surface area contributed by atoms with Crippen molar-refractivity contribution in [3.05, 3.63) is 28.8 Å². The molecule has 1 fully saturated rings. The Morgan fingerprint density at radius 1 is 1.62 bits per heavy atom. The van der Waals surface area contributed by atoms with E-state index >= 15 is 0 Å². The fraction of sp³-hybridized carbons (Fsp3) is 0.700. The lowest BCUT2D eigenvalue weighted by Crippen LogP contribution is -2.27. The van der Waals surface area contributed by atoms with E-state index in [4.69, 9.17) is 5.53 Å². The number of hydrogen-bond donors (Lipinski definition) is 0. The molecule has 3 nitrogen and oxygen atoms in total. The van der Waals surface area contributed by atoms with Gasteiger partial charge in [-0.25, -0.2) is 0 Å². The fourth-order valence-electron chi connectivity index (χ4n) is 1.80. The minimum Gasteiger partial charge on any atom is -0.133 e. The molecular formula is C10H15N3. The lowest BCUT2D eigenvalue weighted by Gasteiger charge is -2.31. The van der Waals surface area contributed by atoms with Crippen LogP contribution in [0.3, 0.4) is 0 Å². The summed E-state index contributed by atoms with van der Waals surface area (Å²) in [5.41, 5.74) is 11.0. The summed E-state index contributed by atoms with van der Waals surface area (Å²) in [5.74, 6) is 0.583. The summed E-state index contributed by atoms with van der Waals surface area (Å²) in [5, 5.41) is 3.84. The van der Waals surface area contributed by atoms with Gasteiger partial charge >= 0.3 is 0 Å². The molecule has 0 aromatic heterocycles. The highest BCUT2D eigenvalue weighted by Crippen LogP contribution is 2.35. The third kappa shape index (κ3) is 2.66. The highest BCUT2D eigenvalue weighted by molar-refractivity contribution is 4.95. The van der Waals surface area contributed by atoms with Gasteiger partial charge in [0.05, 0.1) is 0 Å². The van der Waals surface area contributed by atoms with E-state index in [1.807, 2.05) is 13.0 Å². The van der Waals surface area contributed by atoms with Gasteiger partial charge in [-0.2, -0.15) is 0 Å². The van der Waals surface area contributed by atoms with E-state index in [0.29, 0.717) is 5.92 Å². The van der Waals surface area contributed by atoms with E-state index in [1.165, 1.54) is 0 Å². The highest BCUT2D eigenvalue weighted by atomic mass is 15.2. The summed E-state index contributed by atoms with van der Waals surface area (Å²) < 4.78 is 0. The smallest absolute Gasteiger partial charge is 0.0460 e. The van der Waals surface area contributed by atoms with E-state index in [0.717, 1.165) is 25.7 Å². The van der Waals surface area contributed by atoms with Crippen molar-refractivity contribution in [2.45, 2.75) is 38.1 Å². The first-order valence-electron chi connectivity index (χ1n) is 4.62. The molecule has 1 aliphatic carbocycles. The lowest BCUT2D eigenvalue weighted by molar-refractivity contribution is 0.281. The quantitative estimate of drug-likeness (QED) is 0.268. The van der Waals surface area contributed by atoms with Crippen LogP contribution in [0.5, 0.6) is 0 Å². The molecule has 0 heterocycles. The van der Waals surface area contributed by atoms with Crippen LogP contribution >= 0.6 is 0 Å². The first-order valence-corrected chi connectivity index (χ1v) is 4.62. The summed E-state index contributed by atoms with van der Waals surface area (Å²) >= 11 is 0. The van der Waals surface area contributed by atoms with Crippen LogP contribution in [-0.2, 0) is 0 Å². The average molecular weight is 177 g/mol. The van der Waals surface area contributed by atoms with Gasteiger partial charge in [-0.15, -0.1) is 5.73 Å². The molecule has 0 aliphatic heterocycles. The lowest BCUT2D eigenvalue weighted by atomic mass is 9.78. The maximum absolute atomic E-state index is 8.38. The monoisotopic (exact) mass is 177 g/mol. The van der Waals surface area contributed by atoms with Crippen LogP contribution in [0.1, 0.15) is 32.6 Å². The van der Waals surface area contributed by atoms with Crippen LogP contribution in [-0.4, -0.2) is 5.54 Å². The van der Waals surface area contributed by atoms with Gasteiger partial charge in [0.2, 0.25) is 0 Å². The maximum Gasteiger partial charge on any atom is 0.0460 e. The highest BCUT2D eigenvalue weighted by Gasteiger charge is 2.28. The Morgan fingerprint density at radius 3 is 2.69 bits per heavy atom. The normalized spacial score (nSPS) is 32.8. The van der Waals surface area contributed by atoms with Gasteiger partial charge in [0.25, 0.3) is 0 Å². The summed E-state index contributed by atoms with van der Waals surface area (Å²) in [6.07, 6.45) is 6.13. The Labute approximate surface area is 78.8 Å². The molecule has 1 saturated carbocycles. The number of hydrogen-bond acceptors (Lipinski definition) is 1. The molecule has 1 aliphatic rings. The first kappa shape index (κ1) is 9.91. The van der Waals surface area contributed by atoms with Crippen LogP contribution in [0.2, 0.25) is 0 Å². The zero-order valence-corrected chi connectivity index (χ0v) is 8.03. The van der Waals surface area contributed by atoms with Crippen molar-refractivity contribution in [3.8, 4) is 0 Å². The van der Waals surface area contributed by atoms with Crippen LogP contribution in [0.25, 0.3) is 10.4 Å². The van der Waals surface area contributed by atoms with Gasteiger partial charge in [-0.3, -0.25) is 0 Å². The minimum atomic E-state index is -0.153. The standard InChI is InChI=1S/C10H15N3/c1-3-4-9-5-7-10(2,8-6-9)12-13-11/h4,9H,1,5-8H2,2H3. The van der Waals surface area contributed by atoms with Crippen molar-refractivity contribution in [1.82, 2.24) is 0 Å². The minimum absolute atomic E-state index is 0.153. The van der Waals surface area contributed by atoms with Gasteiger partial charge in [0, 0.05) is 10.5 Å². The van der Waals surface area contributed by atoms with Gasteiger partial charge in [-0.1, -0.05) is 18.6 Å². The zero-order chi connectivity index (χ0) is 9.73. The average Bonchev–Trinajstić information content (AvgIpc) is 2.10. The molecule has 0 radical (unpaired) electrons. The van der Waals surface area contributed by atoms with Crippen molar-refractivity contribution in [3.63, 3.8) is 0 Å². The Balaban J connectivity index is 2.55. The Morgan fingerprint density at radius 2 is 2.23 bits per heavy atom. The van der Waals surface area contributed by atoms with Crippen molar-refractivity contribution in [1.29, 1.82) is 0 Å². The SMILES string of the molecule is C=C=CC1CCC(C)(N=[N+]=[N-])CC1. The number of nitrogens with zero attached hydrogens (tertiary/aromatic N) is 3. The van der Waals surface area contributed by atoms with Gasteiger partial charge in [-0.05, 0) is 43.2 Å². The molecule has 0 N–H and O–H groups in total. The Kier molecular flexibility index (Phi) is 3.18. The molecule has 0 aromatic rings. The zero-order valence-electron chi connectivity index (χ0n) is 8.03. The fourth-order valence-corrected chi connectivity index (χ4v) is 1.80. The summed E-state index contributed by atoms with van der Waals surface area (Å²) in [7, 11) is 0. The van der Waals surface area contributed by atoms with E-state index < -0.39 is 0 Å². The van der Waals surface area contributed by atoms with Crippen LogP contribution in [0, 0.1) is 5.92 Å². The van der Waals surface area contributed by atoms with Gasteiger partial charge in [0.15, 0.2) is 0 Å². The summed E-state index contributed by atoms with van der Waals surface area (Å²) in [6, 6.07) is 0. The molecule has 0 saturated heterocycles. The third-order valence-corrected chi connectivity index (χ3v) is 2.75. The predicted octanol–water partition coefficient (Wildman–Crippen LogP) is 3.59. The number of allylic oxidation sites excluding steroid dienone is 1.